The lowest BCUT2D eigenvalue weighted by Gasteiger charge is -2.06. The van der Waals surface area contributed by atoms with Gasteiger partial charge in [0.25, 0.3) is 0 Å². The van der Waals surface area contributed by atoms with Crippen LogP contribution in [0.15, 0.2) is 16.8 Å². The van der Waals surface area contributed by atoms with Crippen molar-refractivity contribution in [2.75, 3.05) is 30.8 Å². The van der Waals surface area contributed by atoms with Gasteiger partial charge in [0.1, 0.15) is 6.61 Å². The van der Waals surface area contributed by atoms with Crippen molar-refractivity contribution < 1.29 is 14.2 Å². The van der Waals surface area contributed by atoms with Gasteiger partial charge in [-0.15, -0.1) is 0 Å². The number of hydrogen-bond donors (Lipinski definition) is 3. The molecule has 0 fully saturated rings. The van der Waals surface area contributed by atoms with Crippen LogP contribution in [0.2, 0.25) is 0 Å². The Morgan fingerprint density at radius 1 is 1.39 bits per heavy atom. The van der Waals surface area contributed by atoms with E-state index < -0.39 is 5.91 Å². The second-order valence-corrected chi connectivity index (χ2v) is 3.61. The molecule has 0 aliphatic heterocycles. The highest BCUT2D eigenvalue weighted by Gasteiger charge is 2.09. The fourth-order valence-electron chi connectivity index (χ4n) is 1.46. The van der Waals surface area contributed by atoms with Gasteiger partial charge in [-0.25, -0.2) is 4.63 Å². The Kier molecular flexibility index (Phi) is 3.58. The number of nitrogens with one attached hydrogen (secondary N) is 1. The van der Waals surface area contributed by atoms with Crippen LogP contribution in [0.3, 0.4) is 0 Å². The lowest BCUT2D eigenvalue weighted by atomic mass is 10.2. The maximum atomic E-state index is 10.4. The van der Waals surface area contributed by atoms with Gasteiger partial charge in [-0.3, -0.25) is 4.79 Å². The first-order valence-corrected chi connectivity index (χ1v) is 5.29. The number of nitrogens with two attached hydrogens (primary N) is 2. The first-order valence-electron chi connectivity index (χ1n) is 5.29. The molecule has 0 saturated carbocycles. The summed E-state index contributed by atoms with van der Waals surface area (Å²) in [6.07, 6.45) is 0. The number of carbonyl (C=O) groups is 1. The van der Waals surface area contributed by atoms with E-state index >= 15 is 0 Å². The quantitative estimate of drug-likeness (QED) is 0.475. The van der Waals surface area contributed by atoms with Gasteiger partial charge in [-0.05, 0) is 22.4 Å². The van der Waals surface area contributed by atoms with E-state index in [0.29, 0.717) is 29.9 Å². The van der Waals surface area contributed by atoms with E-state index in [2.05, 4.69) is 20.3 Å². The number of ether oxygens (including phenoxy) is 1. The third kappa shape index (κ3) is 2.66. The molecule has 0 saturated heterocycles. The van der Waals surface area contributed by atoms with Crippen molar-refractivity contribution >= 4 is 28.3 Å². The van der Waals surface area contributed by atoms with Crippen molar-refractivity contribution in [3.8, 4) is 0 Å². The monoisotopic (exact) mass is 251 g/mol. The molecule has 2 rings (SSSR count). The lowest BCUT2D eigenvalue weighted by Crippen LogP contribution is -2.20. The summed E-state index contributed by atoms with van der Waals surface area (Å²) >= 11 is 0. The third-order valence-corrected chi connectivity index (χ3v) is 2.25. The molecule has 0 bridgehead atoms. The zero-order valence-corrected chi connectivity index (χ0v) is 9.55. The summed E-state index contributed by atoms with van der Waals surface area (Å²) in [6.45, 7) is 0.754. The van der Waals surface area contributed by atoms with Gasteiger partial charge >= 0.3 is 0 Å². The maximum absolute atomic E-state index is 10.4. The smallest absolute Gasteiger partial charge is 0.243 e. The molecular formula is C10H13N5O3. The molecule has 0 radical (unpaired) electrons. The maximum Gasteiger partial charge on any atom is 0.243 e. The van der Waals surface area contributed by atoms with Gasteiger partial charge in [-0.2, -0.15) is 0 Å². The molecule has 1 amide bonds. The molecule has 0 atom stereocenters. The number of nitrogens with zero attached hydrogens (tertiary/aromatic N) is 2. The van der Waals surface area contributed by atoms with Gasteiger partial charge in [0.15, 0.2) is 11.0 Å². The van der Waals surface area contributed by atoms with Crippen LogP contribution < -0.4 is 16.8 Å². The summed E-state index contributed by atoms with van der Waals surface area (Å²) in [7, 11) is 0. The summed E-state index contributed by atoms with van der Waals surface area (Å²) in [5.74, 6) is -0.495. The Hall–Kier alpha value is -2.35. The highest BCUT2D eigenvalue weighted by molar-refractivity contribution is 5.94. The topological polar surface area (TPSA) is 129 Å². The fourth-order valence-corrected chi connectivity index (χ4v) is 1.46. The molecule has 18 heavy (non-hydrogen) atoms. The van der Waals surface area contributed by atoms with Crippen LogP contribution in [0.1, 0.15) is 0 Å². The molecule has 1 aromatic carbocycles. The predicted molar refractivity (Wildman–Crippen MR) is 64.7 cm³/mol. The summed E-state index contributed by atoms with van der Waals surface area (Å²) in [6, 6.07) is 3.48. The number of primary amides is 1. The van der Waals surface area contributed by atoms with Crippen LogP contribution in [0.4, 0.5) is 11.4 Å². The SMILES string of the molecule is NC(=O)COCCNc1ccc(N)c2nonc12. The molecule has 96 valence electrons. The number of benzene rings is 1. The van der Waals surface area contributed by atoms with Crippen molar-refractivity contribution in [2.24, 2.45) is 5.73 Å². The van der Waals surface area contributed by atoms with Gasteiger partial charge in [0, 0.05) is 6.54 Å². The average molecular weight is 251 g/mol. The molecule has 0 unspecified atom stereocenters. The summed E-state index contributed by atoms with van der Waals surface area (Å²) < 4.78 is 9.65. The normalized spacial score (nSPS) is 10.7. The van der Waals surface area contributed by atoms with Crippen molar-refractivity contribution in [3.05, 3.63) is 12.1 Å². The van der Waals surface area contributed by atoms with Crippen molar-refractivity contribution in [2.45, 2.75) is 0 Å². The molecule has 1 aromatic heterocycles. The van der Waals surface area contributed by atoms with Crippen molar-refractivity contribution in [3.63, 3.8) is 0 Å². The summed E-state index contributed by atoms with van der Waals surface area (Å²) in [4.78, 5) is 10.4. The Bertz CT molecular complexity index is 553. The fraction of sp³-hybridized carbons (Fsp3) is 0.300. The predicted octanol–water partition coefficient (Wildman–Crippen LogP) is -0.281. The minimum absolute atomic E-state index is 0.0929. The zero-order valence-electron chi connectivity index (χ0n) is 9.55. The van der Waals surface area contributed by atoms with Crippen LogP contribution in [0, 0.1) is 0 Å². The summed E-state index contributed by atoms with van der Waals surface area (Å²) in [5.41, 5.74) is 13.0. The number of anilines is 2. The second kappa shape index (κ2) is 5.32. The molecule has 0 spiro atoms. The Labute approximate surface area is 102 Å². The van der Waals surface area contributed by atoms with Crippen LogP contribution in [0.5, 0.6) is 0 Å². The number of hydrogen-bond acceptors (Lipinski definition) is 7. The van der Waals surface area contributed by atoms with E-state index in [1.54, 1.807) is 12.1 Å². The van der Waals surface area contributed by atoms with Crippen LogP contribution >= 0.6 is 0 Å². The first kappa shape index (κ1) is 12.1. The standard InChI is InChI=1S/C10H13N5O3/c11-6-1-2-7(10-9(6)14-18-15-10)13-3-4-17-5-8(12)16/h1-2,13H,3-5,11H2,(H2,12,16). The third-order valence-electron chi connectivity index (χ3n) is 2.25. The Morgan fingerprint density at radius 3 is 2.94 bits per heavy atom. The largest absolute Gasteiger partial charge is 0.397 e. The Balaban J connectivity index is 1.94. The molecule has 5 N–H and O–H groups in total. The number of rotatable bonds is 6. The number of amides is 1. The number of fused-ring (bicyclic) bond motifs is 1. The minimum atomic E-state index is -0.495. The molecule has 1 heterocycles. The second-order valence-electron chi connectivity index (χ2n) is 3.61. The molecule has 0 aliphatic rings. The van der Waals surface area contributed by atoms with Gasteiger partial charge < -0.3 is 21.5 Å². The molecular weight excluding hydrogens is 238 g/mol. The zero-order chi connectivity index (χ0) is 13.0. The van der Waals surface area contributed by atoms with E-state index in [1.807, 2.05) is 0 Å². The van der Waals surface area contributed by atoms with Gasteiger partial charge in [-0.1, -0.05) is 0 Å². The minimum Gasteiger partial charge on any atom is -0.397 e. The van der Waals surface area contributed by atoms with Crippen molar-refractivity contribution in [1.29, 1.82) is 0 Å². The number of carbonyl (C=O) groups excluding carboxylic acids is 1. The average Bonchev–Trinajstić information content (AvgIpc) is 2.81. The van der Waals surface area contributed by atoms with Gasteiger partial charge in [0.2, 0.25) is 5.91 Å². The van der Waals surface area contributed by atoms with E-state index in [-0.39, 0.29) is 6.61 Å². The first-order chi connectivity index (χ1) is 8.68. The van der Waals surface area contributed by atoms with Crippen LogP contribution in [-0.2, 0) is 9.53 Å². The van der Waals surface area contributed by atoms with Gasteiger partial charge in [0.05, 0.1) is 18.0 Å². The molecule has 8 heteroatoms. The van der Waals surface area contributed by atoms with Crippen LogP contribution in [-0.4, -0.2) is 36.0 Å². The number of nitrogen functional groups attached to an aromatic ring is 1. The molecule has 0 aliphatic carbocycles. The molecule has 2 aromatic rings. The highest BCUT2D eigenvalue weighted by atomic mass is 16.6. The van der Waals surface area contributed by atoms with Crippen molar-refractivity contribution in [1.82, 2.24) is 10.3 Å². The highest BCUT2D eigenvalue weighted by Crippen LogP contribution is 2.24. The van der Waals surface area contributed by atoms with E-state index in [1.165, 1.54) is 0 Å². The van der Waals surface area contributed by atoms with Crippen LogP contribution in [0.25, 0.3) is 11.0 Å². The summed E-state index contributed by atoms with van der Waals surface area (Å²) in [5, 5.41) is 10.5. The Morgan fingerprint density at radius 2 is 2.17 bits per heavy atom. The number of aromatic nitrogens is 2. The lowest BCUT2D eigenvalue weighted by molar-refractivity contribution is -0.122. The van der Waals surface area contributed by atoms with E-state index in [9.17, 15) is 4.79 Å². The van der Waals surface area contributed by atoms with E-state index in [4.69, 9.17) is 16.2 Å². The molecule has 8 nitrogen and oxygen atoms in total. The van der Waals surface area contributed by atoms with E-state index in [0.717, 1.165) is 5.69 Å².